The zero-order valence-electron chi connectivity index (χ0n) is 19.2. The first-order valence-corrected chi connectivity index (χ1v) is 10.8. The molecule has 0 aliphatic carbocycles. The van der Waals surface area contributed by atoms with Crippen molar-refractivity contribution in [1.29, 1.82) is 0 Å². The Labute approximate surface area is 196 Å². The lowest BCUT2D eigenvalue weighted by Gasteiger charge is -2.36. The van der Waals surface area contributed by atoms with Gasteiger partial charge < -0.3 is 19.9 Å². The predicted molar refractivity (Wildman–Crippen MR) is 123 cm³/mol. The monoisotopic (exact) mass is 457 g/mol. The molecule has 2 N–H and O–H groups in total. The van der Waals surface area contributed by atoms with Crippen LogP contribution in [-0.2, 0) is 15.1 Å². The van der Waals surface area contributed by atoms with Gasteiger partial charge in [0.1, 0.15) is 17.2 Å². The number of primary amides is 1. The highest BCUT2D eigenvalue weighted by atomic mass is 16.6. The number of fused-ring (bicyclic) bond motifs is 6. The third-order valence-corrected chi connectivity index (χ3v) is 6.04. The third-order valence-electron chi connectivity index (χ3n) is 6.04. The number of esters is 2. The van der Waals surface area contributed by atoms with Gasteiger partial charge in [0.25, 0.3) is 0 Å². The minimum absolute atomic E-state index is 0.258. The summed E-state index contributed by atoms with van der Waals surface area (Å²) in [6.45, 7) is 7.23. The van der Waals surface area contributed by atoms with Crippen molar-refractivity contribution >= 4 is 17.8 Å². The summed E-state index contributed by atoms with van der Waals surface area (Å²) < 4.78 is 17.9. The summed E-state index contributed by atoms with van der Waals surface area (Å²) in [4.78, 5) is 37.3. The molecule has 1 spiro atoms. The summed E-state index contributed by atoms with van der Waals surface area (Å²) in [5.41, 5.74) is 6.72. The molecule has 3 aromatic rings. The van der Waals surface area contributed by atoms with E-state index in [0.717, 1.165) is 5.56 Å². The molecule has 172 valence electrons. The maximum atomic E-state index is 13.0. The molecular formula is C27H23NO6. The molecule has 0 bridgehead atoms. The number of rotatable bonds is 2. The van der Waals surface area contributed by atoms with Crippen molar-refractivity contribution in [3.63, 3.8) is 0 Å². The average Bonchev–Trinajstić information content (AvgIpc) is 3.05. The number of aryl methyl sites for hydroxylation is 1. The number of ether oxygens (including phenoxy) is 3. The van der Waals surface area contributed by atoms with Crippen LogP contribution in [-0.4, -0.2) is 17.8 Å². The van der Waals surface area contributed by atoms with Crippen LogP contribution in [0, 0.1) is 12.3 Å². The van der Waals surface area contributed by atoms with Gasteiger partial charge in [-0.1, -0.05) is 12.1 Å². The van der Waals surface area contributed by atoms with E-state index in [1.807, 2.05) is 25.1 Å². The van der Waals surface area contributed by atoms with Crippen molar-refractivity contribution in [2.45, 2.75) is 33.3 Å². The number of carbonyl (C=O) groups excluding carboxylic acids is 3. The van der Waals surface area contributed by atoms with E-state index in [0.29, 0.717) is 39.5 Å². The Hall–Kier alpha value is -4.13. The zero-order valence-corrected chi connectivity index (χ0v) is 19.2. The zero-order chi connectivity index (χ0) is 24.4. The third kappa shape index (κ3) is 3.15. The smallest absolute Gasteiger partial charge is 0.340 e. The molecule has 1 unspecified atom stereocenters. The van der Waals surface area contributed by atoms with E-state index in [2.05, 4.69) is 0 Å². The lowest BCUT2D eigenvalue weighted by molar-refractivity contribution is -0.143. The van der Waals surface area contributed by atoms with Crippen molar-refractivity contribution in [2.75, 3.05) is 0 Å². The van der Waals surface area contributed by atoms with E-state index in [-0.39, 0.29) is 5.56 Å². The lowest BCUT2D eigenvalue weighted by Crippen LogP contribution is -2.33. The maximum absolute atomic E-state index is 13.0. The molecule has 0 saturated carbocycles. The molecule has 2 aliphatic heterocycles. The number of hydrogen-bond donors (Lipinski definition) is 1. The highest BCUT2D eigenvalue weighted by molar-refractivity contribution is 6.00. The summed E-state index contributed by atoms with van der Waals surface area (Å²) >= 11 is 0. The van der Waals surface area contributed by atoms with Gasteiger partial charge >= 0.3 is 11.9 Å². The Kier molecular flexibility index (Phi) is 4.59. The van der Waals surface area contributed by atoms with Gasteiger partial charge in [0.05, 0.1) is 11.0 Å². The second-order valence-corrected chi connectivity index (χ2v) is 9.59. The summed E-state index contributed by atoms with van der Waals surface area (Å²) in [5, 5.41) is 0. The van der Waals surface area contributed by atoms with Gasteiger partial charge in [-0.05, 0) is 69.7 Å². The van der Waals surface area contributed by atoms with E-state index in [1.54, 1.807) is 51.1 Å². The summed E-state index contributed by atoms with van der Waals surface area (Å²) in [7, 11) is 0. The average molecular weight is 457 g/mol. The molecule has 1 amide bonds. The van der Waals surface area contributed by atoms with Crippen molar-refractivity contribution in [1.82, 2.24) is 0 Å². The standard InChI is InChI=1S/C27H23NO6/c1-14-5-9-18-21(11-14)33-22-13-16(32-25(31)26(2,3)4)7-10-19(22)27(18)20-12-15(23(28)29)6-8-17(20)24(30)34-27/h5-13H,1-4H3,(H2,28,29). The molecule has 34 heavy (non-hydrogen) atoms. The molecule has 7 nitrogen and oxygen atoms in total. The van der Waals surface area contributed by atoms with Gasteiger partial charge in [-0.3, -0.25) is 9.59 Å². The lowest BCUT2D eigenvalue weighted by atomic mass is 9.77. The molecule has 0 saturated heterocycles. The van der Waals surface area contributed by atoms with Crippen molar-refractivity contribution < 1.29 is 28.6 Å². The fourth-order valence-electron chi connectivity index (χ4n) is 4.29. The first kappa shape index (κ1) is 21.7. The minimum atomic E-state index is -1.35. The summed E-state index contributed by atoms with van der Waals surface area (Å²) in [6.07, 6.45) is 0. The Morgan fingerprint density at radius 2 is 1.59 bits per heavy atom. The number of hydrogen-bond acceptors (Lipinski definition) is 6. The normalized spacial score (nSPS) is 17.8. The molecule has 2 aliphatic rings. The van der Waals surface area contributed by atoms with E-state index in [1.165, 1.54) is 6.07 Å². The van der Waals surface area contributed by atoms with Crippen LogP contribution in [0.1, 0.15) is 63.7 Å². The molecule has 7 heteroatoms. The molecule has 3 aromatic carbocycles. The van der Waals surface area contributed by atoms with Crippen LogP contribution in [0.2, 0.25) is 0 Å². The molecule has 0 aromatic heterocycles. The molecule has 0 radical (unpaired) electrons. The van der Waals surface area contributed by atoms with Gasteiger partial charge in [-0.2, -0.15) is 0 Å². The maximum Gasteiger partial charge on any atom is 0.340 e. The summed E-state index contributed by atoms with van der Waals surface area (Å²) in [5.74, 6) is -0.343. The van der Waals surface area contributed by atoms with E-state index < -0.39 is 28.9 Å². The van der Waals surface area contributed by atoms with Gasteiger partial charge in [0, 0.05) is 28.3 Å². The fourth-order valence-corrected chi connectivity index (χ4v) is 4.29. The van der Waals surface area contributed by atoms with Crippen LogP contribution in [0.5, 0.6) is 17.2 Å². The highest BCUT2D eigenvalue weighted by Gasteiger charge is 2.53. The Morgan fingerprint density at radius 3 is 2.26 bits per heavy atom. The van der Waals surface area contributed by atoms with Gasteiger partial charge in [-0.15, -0.1) is 0 Å². The van der Waals surface area contributed by atoms with E-state index in [9.17, 15) is 14.4 Å². The number of benzene rings is 3. The fraction of sp³-hybridized carbons (Fsp3) is 0.222. The van der Waals surface area contributed by atoms with Gasteiger partial charge in [0.2, 0.25) is 5.91 Å². The van der Waals surface area contributed by atoms with Crippen LogP contribution in [0.15, 0.2) is 54.6 Å². The molecular weight excluding hydrogens is 434 g/mol. The van der Waals surface area contributed by atoms with Crippen LogP contribution >= 0.6 is 0 Å². The number of carbonyl (C=O) groups is 3. The summed E-state index contributed by atoms with van der Waals surface area (Å²) in [6, 6.07) is 15.2. The molecule has 1 atom stereocenters. The first-order valence-electron chi connectivity index (χ1n) is 10.8. The number of amides is 1. The van der Waals surface area contributed by atoms with Gasteiger partial charge in [0.15, 0.2) is 5.60 Å². The number of nitrogens with two attached hydrogens (primary N) is 1. The SMILES string of the molecule is Cc1ccc2c(c1)Oc1cc(OC(=O)C(C)(C)C)ccc1C21OC(=O)c2ccc(C(N)=O)cc21. The first-order chi connectivity index (χ1) is 16.0. The minimum Gasteiger partial charge on any atom is -0.456 e. The Morgan fingerprint density at radius 1 is 0.912 bits per heavy atom. The second kappa shape index (κ2) is 7.18. The van der Waals surface area contributed by atoms with E-state index >= 15 is 0 Å². The largest absolute Gasteiger partial charge is 0.456 e. The van der Waals surface area contributed by atoms with Crippen LogP contribution in [0.4, 0.5) is 0 Å². The van der Waals surface area contributed by atoms with Crippen molar-refractivity contribution in [2.24, 2.45) is 11.1 Å². The molecule has 2 heterocycles. The highest BCUT2D eigenvalue weighted by Crippen LogP contribution is 2.56. The van der Waals surface area contributed by atoms with Crippen LogP contribution in [0.3, 0.4) is 0 Å². The van der Waals surface area contributed by atoms with Gasteiger partial charge in [-0.25, -0.2) is 4.79 Å². The van der Waals surface area contributed by atoms with Crippen LogP contribution in [0.25, 0.3) is 0 Å². The molecule has 0 fully saturated rings. The van der Waals surface area contributed by atoms with E-state index in [4.69, 9.17) is 19.9 Å². The topological polar surface area (TPSA) is 105 Å². The Balaban J connectivity index is 1.75. The van der Waals surface area contributed by atoms with Crippen molar-refractivity contribution in [3.05, 3.63) is 88.0 Å². The quantitative estimate of drug-likeness (QED) is 0.445. The second-order valence-electron chi connectivity index (χ2n) is 9.59. The predicted octanol–water partition coefficient (Wildman–Crippen LogP) is 4.61. The Bertz CT molecular complexity index is 1400. The molecule has 5 rings (SSSR count). The van der Waals surface area contributed by atoms with Crippen molar-refractivity contribution in [3.8, 4) is 17.2 Å². The van der Waals surface area contributed by atoms with Crippen LogP contribution < -0.4 is 15.2 Å².